The van der Waals surface area contributed by atoms with Gasteiger partial charge in [-0.1, -0.05) is 19.1 Å². The van der Waals surface area contributed by atoms with Crippen LogP contribution in [0.25, 0.3) is 0 Å². The molecule has 0 spiro atoms. The number of piperidine rings is 1. The maximum absolute atomic E-state index is 13.5. The Morgan fingerprint density at radius 3 is 2.75 bits per heavy atom. The number of para-hydroxylation sites is 1. The lowest BCUT2D eigenvalue weighted by molar-refractivity contribution is -0.143. The fourth-order valence-corrected chi connectivity index (χ4v) is 2.37. The van der Waals surface area contributed by atoms with Crippen LogP contribution in [0.4, 0.5) is 14.9 Å². The van der Waals surface area contributed by atoms with E-state index in [1.165, 1.54) is 23.1 Å². The number of nitrogens with zero attached hydrogens (tertiary/aromatic N) is 1. The average molecular weight is 280 g/mol. The zero-order valence-corrected chi connectivity index (χ0v) is 11.2. The molecule has 2 unspecified atom stereocenters. The summed E-state index contributed by atoms with van der Waals surface area (Å²) >= 11 is 0. The molecule has 20 heavy (non-hydrogen) atoms. The first kappa shape index (κ1) is 14.3. The predicted octanol–water partition coefficient (Wildman–Crippen LogP) is 2.54. The number of likely N-dealkylation sites (tertiary alicyclic amines) is 1. The van der Waals surface area contributed by atoms with Crippen LogP contribution in [0.3, 0.4) is 0 Å². The Morgan fingerprint density at radius 2 is 2.10 bits per heavy atom. The zero-order chi connectivity index (χ0) is 14.7. The summed E-state index contributed by atoms with van der Waals surface area (Å²) in [6.07, 6.45) is 1.16. The van der Waals surface area contributed by atoms with Crippen molar-refractivity contribution >= 4 is 17.7 Å². The largest absolute Gasteiger partial charge is 0.480 e. The van der Waals surface area contributed by atoms with Gasteiger partial charge in [0.05, 0.1) is 5.69 Å². The van der Waals surface area contributed by atoms with Crippen LogP contribution in [0.5, 0.6) is 0 Å². The van der Waals surface area contributed by atoms with E-state index in [4.69, 9.17) is 0 Å². The summed E-state index contributed by atoms with van der Waals surface area (Å²) in [5.41, 5.74) is 0.0558. The Labute approximate surface area is 116 Å². The van der Waals surface area contributed by atoms with E-state index in [0.29, 0.717) is 13.0 Å². The predicted molar refractivity (Wildman–Crippen MR) is 71.9 cm³/mol. The van der Waals surface area contributed by atoms with Crippen LogP contribution >= 0.6 is 0 Å². The molecule has 0 aromatic heterocycles. The van der Waals surface area contributed by atoms with E-state index >= 15 is 0 Å². The number of urea groups is 1. The standard InChI is InChI=1S/C14H17FN2O3/c1-9-6-7-17(12(8-9)13(18)19)14(20)16-11-5-3-2-4-10(11)15/h2-5,9,12H,6-8H2,1H3,(H,16,20)(H,18,19). The third-order valence-corrected chi connectivity index (χ3v) is 3.53. The van der Waals surface area contributed by atoms with E-state index in [1.54, 1.807) is 6.07 Å². The molecular formula is C14H17FN2O3. The van der Waals surface area contributed by atoms with Crippen LogP contribution in [0.15, 0.2) is 24.3 Å². The number of hydrogen-bond donors (Lipinski definition) is 2. The van der Waals surface area contributed by atoms with E-state index in [0.717, 1.165) is 6.42 Å². The van der Waals surface area contributed by atoms with Gasteiger partial charge in [0.2, 0.25) is 0 Å². The topological polar surface area (TPSA) is 69.6 Å². The molecule has 2 N–H and O–H groups in total. The Balaban J connectivity index is 2.11. The van der Waals surface area contributed by atoms with Gasteiger partial charge < -0.3 is 15.3 Å². The number of amides is 2. The van der Waals surface area contributed by atoms with Crippen molar-refractivity contribution in [3.63, 3.8) is 0 Å². The van der Waals surface area contributed by atoms with E-state index in [-0.39, 0.29) is 11.6 Å². The molecule has 1 fully saturated rings. The molecule has 2 rings (SSSR count). The van der Waals surface area contributed by atoms with Crippen LogP contribution in [0.1, 0.15) is 19.8 Å². The van der Waals surface area contributed by atoms with Crippen LogP contribution in [0.2, 0.25) is 0 Å². The second kappa shape index (κ2) is 5.90. The molecule has 0 saturated carbocycles. The molecule has 5 nitrogen and oxygen atoms in total. The van der Waals surface area contributed by atoms with E-state index in [2.05, 4.69) is 5.32 Å². The molecule has 1 saturated heterocycles. The van der Waals surface area contributed by atoms with Crippen LogP contribution in [0, 0.1) is 11.7 Å². The zero-order valence-electron chi connectivity index (χ0n) is 11.2. The van der Waals surface area contributed by atoms with E-state index < -0.39 is 23.9 Å². The molecule has 6 heteroatoms. The Bertz CT molecular complexity index is 521. The third kappa shape index (κ3) is 3.07. The second-order valence-electron chi connectivity index (χ2n) is 5.09. The van der Waals surface area contributed by atoms with Gasteiger partial charge in [0.25, 0.3) is 0 Å². The monoisotopic (exact) mass is 280 g/mol. The SMILES string of the molecule is CC1CCN(C(=O)Nc2ccccc2F)C(C(=O)O)C1. The number of carbonyl (C=O) groups is 2. The van der Waals surface area contributed by atoms with Gasteiger partial charge in [0, 0.05) is 6.54 Å². The van der Waals surface area contributed by atoms with Gasteiger partial charge in [0.15, 0.2) is 0 Å². The quantitative estimate of drug-likeness (QED) is 0.874. The number of benzene rings is 1. The van der Waals surface area contributed by atoms with Gasteiger partial charge in [-0.05, 0) is 30.9 Å². The summed E-state index contributed by atoms with van der Waals surface area (Å²) in [4.78, 5) is 24.6. The fraction of sp³-hybridized carbons (Fsp3) is 0.429. The van der Waals surface area contributed by atoms with Gasteiger partial charge in [-0.2, -0.15) is 0 Å². The average Bonchev–Trinajstić information content (AvgIpc) is 2.41. The summed E-state index contributed by atoms with van der Waals surface area (Å²) in [5, 5.41) is 11.6. The number of carbonyl (C=O) groups excluding carboxylic acids is 1. The van der Waals surface area contributed by atoms with Gasteiger partial charge in [-0.25, -0.2) is 14.0 Å². The highest BCUT2D eigenvalue weighted by molar-refractivity contribution is 5.92. The van der Waals surface area contributed by atoms with Crippen LogP contribution in [-0.4, -0.2) is 34.6 Å². The molecule has 108 valence electrons. The summed E-state index contributed by atoms with van der Waals surface area (Å²) in [7, 11) is 0. The third-order valence-electron chi connectivity index (χ3n) is 3.53. The van der Waals surface area contributed by atoms with Gasteiger partial charge in [-0.3, -0.25) is 0 Å². The molecule has 1 aromatic rings. The highest BCUT2D eigenvalue weighted by Gasteiger charge is 2.34. The van der Waals surface area contributed by atoms with Crippen LogP contribution < -0.4 is 5.32 Å². The molecule has 2 amide bonds. The highest BCUT2D eigenvalue weighted by atomic mass is 19.1. The number of carboxylic acids is 1. The van der Waals surface area contributed by atoms with Crippen molar-refractivity contribution in [2.75, 3.05) is 11.9 Å². The van der Waals surface area contributed by atoms with Gasteiger partial charge in [0.1, 0.15) is 11.9 Å². The summed E-state index contributed by atoms with van der Waals surface area (Å²) in [5.74, 6) is -1.31. The van der Waals surface area contributed by atoms with Crippen molar-refractivity contribution < 1.29 is 19.1 Å². The number of halogens is 1. The minimum Gasteiger partial charge on any atom is -0.480 e. The Morgan fingerprint density at radius 1 is 1.40 bits per heavy atom. The van der Waals surface area contributed by atoms with Crippen molar-refractivity contribution in [2.24, 2.45) is 5.92 Å². The van der Waals surface area contributed by atoms with E-state index in [9.17, 15) is 19.1 Å². The van der Waals surface area contributed by atoms with Crippen LogP contribution in [-0.2, 0) is 4.79 Å². The second-order valence-corrected chi connectivity index (χ2v) is 5.09. The molecule has 0 aliphatic carbocycles. The first-order chi connectivity index (χ1) is 9.49. The molecular weight excluding hydrogens is 263 g/mol. The number of anilines is 1. The molecule has 0 radical (unpaired) electrons. The summed E-state index contributed by atoms with van der Waals surface area (Å²) < 4.78 is 13.5. The van der Waals surface area contributed by atoms with Gasteiger partial charge in [-0.15, -0.1) is 0 Å². The van der Waals surface area contributed by atoms with Crippen molar-refractivity contribution in [1.82, 2.24) is 4.90 Å². The number of nitrogens with one attached hydrogen (secondary N) is 1. The number of aliphatic carboxylic acids is 1. The van der Waals surface area contributed by atoms with Gasteiger partial charge >= 0.3 is 12.0 Å². The van der Waals surface area contributed by atoms with Crippen molar-refractivity contribution in [2.45, 2.75) is 25.8 Å². The molecule has 1 heterocycles. The number of hydrogen-bond acceptors (Lipinski definition) is 2. The lowest BCUT2D eigenvalue weighted by atomic mass is 9.93. The Hall–Kier alpha value is -2.11. The van der Waals surface area contributed by atoms with Crippen molar-refractivity contribution in [3.8, 4) is 0 Å². The first-order valence-electron chi connectivity index (χ1n) is 6.54. The lowest BCUT2D eigenvalue weighted by Gasteiger charge is -2.35. The maximum atomic E-state index is 13.5. The van der Waals surface area contributed by atoms with Crippen molar-refractivity contribution in [1.29, 1.82) is 0 Å². The number of carboxylic acid groups (broad SMARTS) is 1. The number of rotatable bonds is 2. The summed E-state index contributed by atoms with van der Waals surface area (Å²) in [6.45, 7) is 2.32. The molecule has 1 aliphatic heterocycles. The molecule has 1 aromatic carbocycles. The molecule has 2 atom stereocenters. The molecule has 0 bridgehead atoms. The smallest absolute Gasteiger partial charge is 0.326 e. The summed E-state index contributed by atoms with van der Waals surface area (Å²) in [6, 6.07) is 4.37. The fourth-order valence-electron chi connectivity index (χ4n) is 2.37. The minimum absolute atomic E-state index is 0.0558. The molecule has 1 aliphatic rings. The van der Waals surface area contributed by atoms with E-state index in [1.807, 2.05) is 6.92 Å². The lowest BCUT2D eigenvalue weighted by Crippen LogP contribution is -2.51. The maximum Gasteiger partial charge on any atom is 0.326 e. The first-order valence-corrected chi connectivity index (χ1v) is 6.54. The van der Waals surface area contributed by atoms with Crippen molar-refractivity contribution in [3.05, 3.63) is 30.1 Å². The normalized spacial score (nSPS) is 22.4. The Kier molecular flexibility index (Phi) is 4.22. The minimum atomic E-state index is -1.03. The highest BCUT2D eigenvalue weighted by Crippen LogP contribution is 2.24.